The van der Waals surface area contributed by atoms with E-state index in [4.69, 9.17) is 21.7 Å². The molecule has 0 unspecified atom stereocenters. The maximum atomic E-state index is 12.9. The Kier molecular flexibility index (Phi) is 5.74. The second kappa shape index (κ2) is 8.28. The molecule has 0 bridgehead atoms. The number of nitrogens with zero attached hydrogens (tertiary/aromatic N) is 4. The lowest BCUT2D eigenvalue weighted by Crippen LogP contribution is -2.42. The Morgan fingerprint density at radius 2 is 2.00 bits per heavy atom. The molecule has 7 heteroatoms. The Morgan fingerprint density at radius 1 is 1.24 bits per heavy atom. The van der Waals surface area contributed by atoms with Crippen molar-refractivity contribution >= 4 is 28.8 Å². The lowest BCUT2D eigenvalue weighted by molar-refractivity contribution is -0.133. The highest BCUT2D eigenvalue weighted by atomic mass is 35.5. The van der Waals surface area contributed by atoms with E-state index in [0.29, 0.717) is 17.5 Å². The van der Waals surface area contributed by atoms with Gasteiger partial charge in [-0.3, -0.25) is 4.79 Å². The molecule has 0 N–H and O–H groups in total. The summed E-state index contributed by atoms with van der Waals surface area (Å²) >= 11 is 7.53. The van der Waals surface area contributed by atoms with Crippen LogP contribution in [0.3, 0.4) is 0 Å². The monoisotopic (exact) mass is 428 g/mol. The summed E-state index contributed by atoms with van der Waals surface area (Å²) in [5.41, 5.74) is 4.80. The Bertz CT molecular complexity index is 1020. The van der Waals surface area contributed by atoms with Crippen LogP contribution < -0.4 is 0 Å². The van der Waals surface area contributed by atoms with Crippen LogP contribution in [0, 0.1) is 13.8 Å². The van der Waals surface area contributed by atoms with Gasteiger partial charge in [-0.05, 0) is 52.2 Å². The molecule has 1 atom stereocenters. The van der Waals surface area contributed by atoms with Crippen molar-refractivity contribution in [3.63, 3.8) is 0 Å². The van der Waals surface area contributed by atoms with Crippen molar-refractivity contribution in [3.05, 3.63) is 51.6 Å². The van der Waals surface area contributed by atoms with Crippen LogP contribution in [0.15, 0.2) is 29.6 Å². The molecule has 1 saturated heterocycles. The maximum absolute atomic E-state index is 12.9. The topological polar surface area (TPSA) is 51.0 Å². The third-order valence-electron chi connectivity index (χ3n) is 5.71. The van der Waals surface area contributed by atoms with Crippen LogP contribution in [0.25, 0.3) is 16.4 Å². The standard InChI is InChI=1S/C22H25ClN4OS/c1-14-6-4-5-11-26(14)21(28)12-19-15(2)25-27(16(19)3)22-24-20(13-29-22)17-7-9-18(23)10-8-17/h7-10,13-14H,4-6,11-12H2,1-3H3/t14-/m1/s1. The van der Waals surface area contributed by atoms with Gasteiger partial charge in [-0.1, -0.05) is 23.7 Å². The van der Waals surface area contributed by atoms with E-state index in [1.807, 2.05) is 53.1 Å². The van der Waals surface area contributed by atoms with Gasteiger partial charge in [0.1, 0.15) is 0 Å². The minimum Gasteiger partial charge on any atom is -0.340 e. The van der Waals surface area contributed by atoms with Crippen molar-refractivity contribution in [3.8, 4) is 16.4 Å². The molecular weight excluding hydrogens is 404 g/mol. The van der Waals surface area contributed by atoms with Crippen LogP contribution in [0.2, 0.25) is 5.02 Å². The number of halogens is 1. The summed E-state index contributed by atoms with van der Waals surface area (Å²) in [6, 6.07) is 7.99. The van der Waals surface area contributed by atoms with Crippen molar-refractivity contribution < 1.29 is 4.79 Å². The smallest absolute Gasteiger partial charge is 0.227 e. The van der Waals surface area contributed by atoms with E-state index in [1.54, 1.807) is 11.3 Å². The van der Waals surface area contributed by atoms with Crippen molar-refractivity contribution in [2.24, 2.45) is 0 Å². The molecule has 0 saturated carbocycles. The zero-order valence-corrected chi connectivity index (χ0v) is 18.6. The lowest BCUT2D eigenvalue weighted by Gasteiger charge is -2.33. The molecule has 1 amide bonds. The van der Waals surface area contributed by atoms with Gasteiger partial charge in [-0.25, -0.2) is 9.67 Å². The van der Waals surface area contributed by atoms with Crippen LogP contribution >= 0.6 is 22.9 Å². The number of benzene rings is 1. The van der Waals surface area contributed by atoms with Gasteiger partial charge in [-0.2, -0.15) is 5.10 Å². The first kappa shape index (κ1) is 20.1. The number of carbonyl (C=O) groups excluding carboxylic acids is 1. The quantitative estimate of drug-likeness (QED) is 0.573. The van der Waals surface area contributed by atoms with Crippen LogP contribution in [0.4, 0.5) is 0 Å². The molecule has 3 heterocycles. The number of piperidine rings is 1. The van der Waals surface area contributed by atoms with Gasteiger partial charge in [0.15, 0.2) is 0 Å². The van der Waals surface area contributed by atoms with Crippen molar-refractivity contribution in [1.82, 2.24) is 19.7 Å². The first-order valence-corrected chi connectivity index (χ1v) is 11.3. The zero-order valence-electron chi connectivity index (χ0n) is 17.0. The fourth-order valence-electron chi connectivity index (χ4n) is 3.95. The third kappa shape index (κ3) is 4.09. The largest absolute Gasteiger partial charge is 0.340 e. The van der Waals surface area contributed by atoms with Gasteiger partial charge in [0.25, 0.3) is 0 Å². The molecule has 4 rings (SSSR count). The van der Waals surface area contributed by atoms with E-state index in [-0.39, 0.29) is 5.91 Å². The van der Waals surface area contributed by atoms with Crippen LogP contribution in [-0.4, -0.2) is 38.2 Å². The van der Waals surface area contributed by atoms with Crippen molar-refractivity contribution in [2.45, 2.75) is 52.5 Å². The van der Waals surface area contributed by atoms with Gasteiger partial charge in [0.2, 0.25) is 11.0 Å². The number of carbonyl (C=O) groups is 1. The number of aryl methyl sites for hydroxylation is 1. The van der Waals surface area contributed by atoms with Crippen LogP contribution in [0.1, 0.15) is 43.1 Å². The predicted molar refractivity (Wildman–Crippen MR) is 118 cm³/mol. The average Bonchev–Trinajstić information content (AvgIpc) is 3.29. The van der Waals surface area contributed by atoms with Gasteiger partial charge >= 0.3 is 0 Å². The number of rotatable bonds is 4. The highest BCUT2D eigenvalue weighted by molar-refractivity contribution is 7.12. The molecule has 5 nitrogen and oxygen atoms in total. The second-order valence-corrected chi connectivity index (χ2v) is 8.97. The minimum atomic E-state index is 0.198. The second-order valence-electron chi connectivity index (χ2n) is 7.69. The number of aromatic nitrogens is 3. The number of amides is 1. The molecule has 3 aromatic rings. The average molecular weight is 429 g/mol. The van der Waals surface area contributed by atoms with Crippen molar-refractivity contribution in [1.29, 1.82) is 0 Å². The summed E-state index contributed by atoms with van der Waals surface area (Å²) in [4.78, 5) is 19.7. The van der Waals surface area contributed by atoms with E-state index in [0.717, 1.165) is 52.7 Å². The molecular formula is C22H25ClN4OS. The summed E-state index contributed by atoms with van der Waals surface area (Å²) in [5, 5.41) is 8.23. The van der Waals surface area contributed by atoms with Gasteiger partial charge in [0.05, 0.1) is 17.8 Å². The lowest BCUT2D eigenvalue weighted by atomic mass is 10.0. The fourth-order valence-corrected chi connectivity index (χ4v) is 4.91. The fraction of sp³-hybridized carbons (Fsp3) is 0.409. The Balaban J connectivity index is 1.57. The van der Waals surface area contributed by atoms with Gasteiger partial charge in [0, 0.05) is 39.8 Å². The van der Waals surface area contributed by atoms with E-state index in [9.17, 15) is 4.79 Å². The molecule has 1 aliphatic rings. The number of likely N-dealkylation sites (tertiary alicyclic amines) is 1. The summed E-state index contributed by atoms with van der Waals surface area (Å²) < 4.78 is 1.86. The summed E-state index contributed by atoms with van der Waals surface area (Å²) in [6.07, 6.45) is 3.80. The SMILES string of the molecule is Cc1nn(-c2nc(-c3ccc(Cl)cc3)cs2)c(C)c1CC(=O)N1CCCC[C@H]1C. The number of thiazole rings is 1. The van der Waals surface area contributed by atoms with Gasteiger partial charge < -0.3 is 4.90 Å². The molecule has 0 aliphatic carbocycles. The highest BCUT2D eigenvalue weighted by Crippen LogP contribution is 2.27. The number of hydrogen-bond acceptors (Lipinski definition) is 4. The number of hydrogen-bond donors (Lipinski definition) is 0. The van der Waals surface area contributed by atoms with E-state index in [2.05, 4.69) is 6.92 Å². The molecule has 0 spiro atoms. The Morgan fingerprint density at radius 3 is 2.72 bits per heavy atom. The van der Waals surface area contributed by atoms with E-state index >= 15 is 0 Å². The molecule has 1 aliphatic heterocycles. The zero-order chi connectivity index (χ0) is 20.5. The molecule has 0 radical (unpaired) electrons. The highest BCUT2D eigenvalue weighted by Gasteiger charge is 2.25. The third-order valence-corrected chi connectivity index (χ3v) is 6.77. The van der Waals surface area contributed by atoms with Crippen molar-refractivity contribution in [2.75, 3.05) is 6.54 Å². The summed E-state index contributed by atoms with van der Waals surface area (Å²) in [6.45, 7) is 7.00. The predicted octanol–water partition coefficient (Wildman–Crippen LogP) is 5.21. The minimum absolute atomic E-state index is 0.198. The van der Waals surface area contributed by atoms with E-state index < -0.39 is 0 Å². The molecule has 29 heavy (non-hydrogen) atoms. The normalized spacial score (nSPS) is 17.0. The Labute approximate surface area is 180 Å². The molecule has 1 aromatic carbocycles. The van der Waals surface area contributed by atoms with Crippen LogP contribution in [0.5, 0.6) is 0 Å². The summed E-state index contributed by atoms with van der Waals surface area (Å²) in [5.74, 6) is 0.198. The maximum Gasteiger partial charge on any atom is 0.227 e. The summed E-state index contributed by atoms with van der Waals surface area (Å²) in [7, 11) is 0. The van der Waals surface area contributed by atoms with Gasteiger partial charge in [-0.15, -0.1) is 11.3 Å². The first-order chi connectivity index (χ1) is 13.9. The Hall–Kier alpha value is -2.18. The molecule has 2 aromatic heterocycles. The molecule has 152 valence electrons. The van der Waals surface area contributed by atoms with E-state index in [1.165, 1.54) is 6.42 Å². The molecule has 1 fully saturated rings. The first-order valence-electron chi connectivity index (χ1n) is 10.0. The van der Waals surface area contributed by atoms with Crippen LogP contribution in [-0.2, 0) is 11.2 Å².